The largest absolute Gasteiger partial charge is 0.308 e. The van der Waals surface area contributed by atoms with Gasteiger partial charge in [-0.05, 0) is 24.2 Å². The summed E-state index contributed by atoms with van der Waals surface area (Å²) in [7, 11) is 0. The van der Waals surface area contributed by atoms with E-state index in [0.717, 1.165) is 6.54 Å². The van der Waals surface area contributed by atoms with Gasteiger partial charge in [-0.25, -0.2) is 0 Å². The number of thioether (sulfide) groups is 1. The number of rotatable bonds is 7. The number of benzene rings is 1. The normalized spacial score (nSPS) is 22.3. The Bertz CT molecular complexity index is 403. The summed E-state index contributed by atoms with van der Waals surface area (Å²) in [4.78, 5) is 2.71. The van der Waals surface area contributed by atoms with Crippen LogP contribution in [0.5, 0.6) is 0 Å². The number of nitrogens with one attached hydrogen (secondary N) is 1. The van der Waals surface area contributed by atoms with E-state index >= 15 is 0 Å². The lowest BCUT2D eigenvalue weighted by molar-refractivity contribution is 0.0781. The quantitative estimate of drug-likeness (QED) is 0.768. The Kier molecular flexibility index (Phi) is 6.59. The molecule has 1 aliphatic rings. The highest BCUT2D eigenvalue weighted by molar-refractivity contribution is 7.99. The standard InChI is InChI=1S/C18H30N2S/c1-4-18(5-2)15-20(12-13-21-6-3)17(14-19-18)16-10-8-7-9-11-16/h7-11,17,19H,4-6,12-15H2,1-3H3. The van der Waals surface area contributed by atoms with Crippen molar-refractivity contribution in [3.63, 3.8) is 0 Å². The van der Waals surface area contributed by atoms with Crippen LogP contribution in [0, 0.1) is 0 Å². The zero-order valence-corrected chi connectivity index (χ0v) is 14.6. The van der Waals surface area contributed by atoms with Crippen LogP contribution >= 0.6 is 11.8 Å². The van der Waals surface area contributed by atoms with Crippen LogP contribution in [0.25, 0.3) is 0 Å². The molecule has 0 saturated carbocycles. The summed E-state index contributed by atoms with van der Waals surface area (Å²) in [6.07, 6.45) is 2.42. The molecular weight excluding hydrogens is 276 g/mol. The summed E-state index contributed by atoms with van der Waals surface area (Å²) in [5, 5.41) is 3.85. The Morgan fingerprint density at radius 1 is 1.19 bits per heavy atom. The molecule has 2 nitrogen and oxygen atoms in total. The van der Waals surface area contributed by atoms with Crippen molar-refractivity contribution in [2.75, 3.05) is 31.1 Å². The Morgan fingerprint density at radius 2 is 1.90 bits per heavy atom. The minimum atomic E-state index is 0.308. The van der Waals surface area contributed by atoms with Gasteiger partial charge in [-0.3, -0.25) is 4.90 Å². The minimum absolute atomic E-state index is 0.308. The van der Waals surface area contributed by atoms with Gasteiger partial charge in [0.15, 0.2) is 0 Å². The topological polar surface area (TPSA) is 15.3 Å². The van der Waals surface area contributed by atoms with Gasteiger partial charge in [0.05, 0.1) is 0 Å². The van der Waals surface area contributed by atoms with E-state index in [4.69, 9.17) is 0 Å². The fraction of sp³-hybridized carbons (Fsp3) is 0.667. The van der Waals surface area contributed by atoms with E-state index in [2.05, 4.69) is 73.1 Å². The molecular formula is C18H30N2S. The molecule has 21 heavy (non-hydrogen) atoms. The van der Waals surface area contributed by atoms with E-state index in [0.29, 0.717) is 11.6 Å². The van der Waals surface area contributed by atoms with E-state index in [-0.39, 0.29) is 0 Å². The molecule has 1 aromatic carbocycles. The number of nitrogens with zero attached hydrogens (tertiary/aromatic N) is 1. The molecule has 1 aromatic rings. The lowest BCUT2D eigenvalue weighted by atomic mass is 9.87. The molecule has 118 valence electrons. The van der Waals surface area contributed by atoms with Gasteiger partial charge in [-0.15, -0.1) is 0 Å². The highest BCUT2D eigenvalue weighted by Crippen LogP contribution is 2.30. The van der Waals surface area contributed by atoms with Gasteiger partial charge in [0.25, 0.3) is 0 Å². The van der Waals surface area contributed by atoms with Crippen molar-refractivity contribution in [1.29, 1.82) is 0 Å². The molecule has 1 unspecified atom stereocenters. The Labute approximate surface area is 134 Å². The van der Waals surface area contributed by atoms with Crippen molar-refractivity contribution >= 4 is 11.8 Å². The highest BCUT2D eigenvalue weighted by Gasteiger charge is 2.36. The molecule has 3 heteroatoms. The number of hydrogen-bond acceptors (Lipinski definition) is 3. The van der Waals surface area contributed by atoms with Crippen molar-refractivity contribution in [2.45, 2.75) is 45.2 Å². The zero-order valence-electron chi connectivity index (χ0n) is 13.8. The predicted octanol–water partition coefficient (Wildman–Crippen LogP) is 3.94. The third-order valence-corrected chi connectivity index (χ3v) is 5.76. The maximum atomic E-state index is 3.85. The van der Waals surface area contributed by atoms with Gasteiger partial charge < -0.3 is 5.32 Å². The van der Waals surface area contributed by atoms with Gasteiger partial charge >= 0.3 is 0 Å². The first-order valence-electron chi connectivity index (χ1n) is 8.36. The summed E-state index contributed by atoms with van der Waals surface area (Å²) in [6.45, 7) is 10.3. The average Bonchev–Trinajstić information content (AvgIpc) is 2.56. The Morgan fingerprint density at radius 3 is 2.52 bits per heavy atom. The lowest BCUT2D eigenvalue weighted by Crippen LogP contribution is -2.61. The van der Waals surface area contributed by atoms with Gasteiger partial charge in [-0.2, -0.15) is 11.8 Å². The summed E-state index contributed by atoms with van der Waals surface area (Å²) >= 11 is 2.05. The van der Waals surface area contributed by atoms with Crippen molar-refractivity contribution in [3.05, 3.63) is 35.9 Å². The molecule has 1 N–H and O–H groups in total. The highest BCUT2D eigenvalue weighted by atomic mass is 32.2. The first kappa shape index (κ1) is 16.9. The molecule has 1 heterocycles. The maximum Gasteiger partial charge on any atom is 0.0473 e. The molecule has 0 bridgehead atoms. The third kappa shape index (κ3) is 4.24. The number of hydrogen-bond donors (Lipinski definition) is 1. The average molecular weight is 307 g/mol. The fourth-order valence-corrected chi connectivity index (χ4v) is 3.94. The van der Waals surface area contributed by atoms with Crippen molar-refractivity contribution in [2.24, 2.45) is 0 Å². The van der Waals surface area contributed by atoms with Crippen molar-refractivity contribution in [1.82, 2.24) is 10.2 Å². The van der Waals surface area contributed by atoms with Crippen LogP contribution in [0.2, 0.25) is 0 Å². The van der Waals surface area contributed by atoms with Crippen LogP contribution in [0.4, 0.5) is 0 Å². The lowest BCUT2D eigenvalue weighted by Gasteiger charge is -2.47. The predicted molar refractivity (Wildman–Crippen MR) is 95.1 cm³/mol. The van der Waals surface area contributed by atoms with Crippen LogP contribution in [0.1, 0.15) is 45.2 Å². The van der Waals surface area contributed by atoms with E-state index in [1.807, 2.05) is 0 Å². The zero-order chi connectivity index (χ0) is 15.1. The minimum Gasteiger partial charge on any atom is -0.308 e. The van der Waals surface area contributed by atoms with Crippen LogP contribution in [-0.2, 0) is 0 Å². The van der Waals surface area contributed by atoms with E-state index in [1.165, 1.54) is 43.0 Å². The molecule has 0 aliphatic carbocycles. The monoisotopic (exact) mass is 306 g/mol. The number of piperazine rings is 1. The fourth-order valence-electron chi connectivity index (χ4n) is 3.29. The molecule has 0 radical (unpaired) electrons. The second-order valence-corrected chi connectivity index (χ2v) is 7.36. The smallest absolute Gasteiger partial charge is 0.0473 e. The molecule has 1 aliphatic heterocycles. The molecule has 0 amide bonds. The van der Waals surface area contributed by atoms with Gasteiger partial charge in [-0.1, -0.05) is 51.1 Å². The van der Waals surface area contributed by atoms with Crippen LogP contribution < -0.4 is 5.32 Å². The molecule has 0 spiro atoms. The first-order valence-corrected chi connectivity index (χ1v) is 9.52. The van der Waals surface area contributed by atoms with Crippen LogP contribution in [-0.4, -0.2) is 41.6 Å². The van der Waals surface area contributed by atoms with Crippen molar-refractivity contribution < 1.29 is 0 Å². The maximum absolute atomic E-state index is 3.85. The summed E-state index contributed by atoms with van der Waals surface area (Å²) < 4.78 is 0. The van der Waals surface area contributed by atoms with Gasteiger partial charge in [0, 0.05) is 37.0 Å². The van der Waals surface area contributed by atoms with Crippen molar-refractivity contribution in [3.8, 4) is 0 Å². The van der Waals surface area contributed by atoms with Crippen LogP contribution in [0.3, 0.4) is 0 Å². The van der Waals surface area contributed by atoms with Gasteiger partial charge in [0.1, 0.15) is 0 Å². The van der Waals surface area contributed by atoms with Gasteiger partial charge in [0.2, 0.25) is 0 Å². The molecule has 0 aromatic heterocycles. The second-order valence-electron chi connectivity index (χ2n) is 5.96. The van der Waals surface area contributed by atoms with Crippen LogP contribution in [0.15, 0.2) is 30.3 Å². The summed E-state index contributed by atoms with van der Waals surface area (Å²) in [6, 6.07) is 11.5. The molecule has 2 rings (SSSR count). The van der Waals surface area contributed by atoms with E-state index < -0.39 is 0 Å². The molecule has 1 fully saturated rings. The third-order valence-electron chi connectivity index (χ3n) is 4.88. The summed E-state index contributed by atoms with van der Waals surface area (Å²) in [5.74, 6) is 2.46. The second kappa shape index (κ2) is 8.21. The molecule has 1 saturated heterocycles. The Balaban J connectivity index is 2.12. The molecule has 1 atom stereocenters. The SMILES string of the molecule is CCSCCN1CC(CC)(CC)NCC1c1ccccc1. The van der Waals surface area contributed by atoms with E-state index in [9.17, 15) is 0 Å². The summed E-state index contributed by atoms with van der Waals surface area (Å²) in [5.41, 5.74) is 1.76. The first-order chi connectivity index (χ1) is 10.2. The Hall–Kier alpha value is -0.510. The van der Waals surface area contributed by atoms with E-state index in [1.54, 1.807) is 0 Å².